The number of hydrogen-bond acceptors (Lipinski definition) is 4. The average Bonchev–Trinajstić information content (AvgIpc) is 3.22. The molecule has 0 radical (unpaired) electrons. The van der Waals surface area contributed by atoms with Gasteiger partial charge in [-0.3, -0.25) is 0 Å². The Hall–Kier alpha value is -1.64. The highest BCUT2D eigenvalue weighted by Crippen LogP contribution is 2.38. The minimum Gasteiger partial charge on any atom is -0.378 e. The molecule has 3 aliphatic rings. The highest BCUT2D eigenvalue weighted by Gasteiger charge is 2.36. The van der Waals surface area contributed by atoms with E-state index < -0.39 is 16.2 Å². The summed E-state index contributed by atoms with van der Waals surface area (Å²) in [4.78, 5) is 12.6. The molecule has 0 saturated carbocycles. The lowest BCUT2D eigenvalue weighted by atomic mass is 9.99. The summed E-state index contributed by atoms with van der Waals surface area (Å²) in [6.07, 6.45) is 6.08. The van der Waals surface area contributed by atoms with Crippen LogP contribution in [0.2, 0.25) is 0 Å². The van der Waals surface area contributed by atoms with E-state index in [0.717, 1.165) is 44.2 Å². The Labute approximate surface area is 160 Å². The Morgan fingerprint density at radius 2 is 1.59 bits per heavy atom. The van der Waals surface area contributed by atoms with Crippen molar-refractivity contribution in [2.45, 2.75) is 64.5 Å². The summed E-state index contributed by atoms with van der Waals surface area (Å²) in [6, 6.07) is 0.963. The second kappa shape index (κ2) is 7.07. The van der Waals surface area contributed by atoms with Crippen molar-refractivity contribution in [3.63, 3.8) is 0 Å². The predicted molar refractivity (Wildman–Crippen MR) is 103 cm³/mol. The number of nitrogens with one attached hydrogen (secondary N) is 2. The molecule has 8 heteroatoms. The van der Waals surface area contributed by atoms with Gasteiger partial charge in [0.1, 0.15) is 0 Å². The molecule has 2 aliphatic carbocycles. The summed E-state index contributed by atoms with van der Waals surface area (Å²) in [5, 5.41) is 2.88. The van der Waals surface area contributed by atoms with Crippen molar-refractivity contribution in [3.8, 4) is 0 Å². The molecule has 7 nitrogen and oxygen atoms in total. The molecular weight excluding hydrogens is 366 g/mol. The number of ether oxygens (including phenoxy) is 1. The summed E-state index contributed by atoms with van der Waals surface area (Å²) in [5.74, 6) is 0. The smallest absolute Gasteiger partial charge is 0.333 e. The Kier molecular flexibility index (Phi) is 4.90. The number of urea groups is 1. The van der Waals surface area contributed by atoms with Gasteiger partial charge in [0.05, 0.1) is 13.2 Å². The molecule has 2 amide bonds. The molecule has 4 rings (SSSR count). The van der Waals surface area contributed by atoms with Crippen molar-refractivity contribution in [3.05, 3.63) is 28.3 Å². The largest absolute Gasteiger partial charge is 0.378 e. The lowest BCUT2D eigenvalue weighted by Gasteiger charge is -2.37. The Balaban J connectivity index is 1.55. The van der Waals surface area contributed by atoms with E-state index in [4.69, 9.17) is 4.74 Å². The third kappa shape index (κ3) is 3.46. The zero-order valence-electron chi connectivity index (χ0n) is 15.9. The van der Waals surface area contributed by atoms with Crippen LogP contribution in [0.4, 0.5) is 10.5 Å². The van der Waals surface area contributed by atoms with E-state index in [1.165, 1.54) is 26.6 Å². The molecule has 1 saturated heterocycles. The van der Waals surface area contributed by atoms with Crippen LogP contribution in [0.1, 0.15) is 48.9 Å². The van der Waals surface area contributed by atoms with Gasteiger partial charge in [0.15, 0.2) is 0 Å². The predicted octanol–water partition coefficient (Wildman–Crippen LogP) is 2.14. The van der Waals surface area contributed by atoms with E-state index in [0.29, 0.717) is 13.2 Å². The van der Waals surface area contributed by atoms with E-state index >= 15 is 0 Å². The van der Waals surface area contributed by atoms with Crippen molar-refractivity contribution in [2.75, 3.05) is 18.5 Å². The number of carbonyl (C=O) groups is 1. The normalized spacial score (nSPS) is 25.1. The number of morpholine rings is 1. The standard InChI is InChI=1S/C19H27N3O4S/c1-12-10-26-11-13(2)22(12)27(24,25)21-19(23)20-18-16-7-3-5-14(16)9-15-6-4-8-17(15)18/h9,12-13H,3-8,10-11H2,1-2H3,(H2,20,21,23). The molecule has 2 atom stereocenters. The van der Waals surface area contributed by atoms with Gasteiger partial charge in [0.2, 0.25) is 0 Å². The van der Waals surface area contributed by atoms with E-state index in [9.17, 15) is 13.2 Å². The second-order valence-electron chi connectivity index (χ2n) is 7.86. The van der Waals surface area contributed by atoms with Gasteiger partial charge in [-0.2, -0.15) is 12.7 Å². The summed E-state index contributed by atoms with van der Waals surface area (Å²) in [6.45, 7) is 4.21. The number of anilines is 1. The Bertz CT molecular complexity index is 826. The van der Waals surface area contributed by atoms with Crippen molar-refractivity contribution >= 4 is 21.9 Å². The number of fused-ring (bicyclic) bond motifs is 2. The molecule has 1 heterocycles. The Morgan fingerprint density at radius 3 is 2.15 bits per heavy atom. The first-order chi connectivity index (χ1) is 12.9. The molecule has 2 unspecified atom stereocenters. The van der Waals surface area contributed by atoms with Gasteiger partial charge in [0.25, 0.3) is 0 Å². The lowest BCUT2D eigenvalue weighted by molar-refractivity contribution is 0.00598. The van der Waals surface area contributed by atoms with Crippen molar-refractivity contribution in [2.24, 2.45) is 0 Å². The molecule has 2 N–H and O–H groups in total. The van der Waals surface area contributed by atoms with Crippen LogP contribution in [-0.2, 0) is 40.6 Å². The van der Waals surface area contributed by atoms with Crippen molar-refractivity contribution in [1.82, 2.24) is 9.03 Å². The highest BCUT2D eigenvalue weighted by atomic mass is 32.2. The molecule has 27 heavy (non-hydrogen) atoms. The fourth-order valence-corrected chi connectivity index (χ4v) is 6.20. The van der Waals surface area contributed by atoms with E-state index in [-0.39, 0.29) is 12.1 Å². The van der Waals surface area contributed by atoms with Gasteiger partial charge in [-0.1, -0.05) is 6.07 Å². The van der Waals surface area contributed by atoms with Gasteiger partial charge in [-0.05, 0) is 74.6 Å². The maximum absolute atomic E-state index is 12.8. The Morgan fingerprint density at radius 1 is 1.04 bits per heavy atom. The monoisotopic (exact) mass is 393 g/mol. The average molecular weight is 394 g/mol. The van der Waals surface area contributed by atoms with Crippen LogP contribution in [0.3, 0.4) is 0 Å². The third-order valence-electron chi connectivity index (χ3n) is 5.80. The van der Waals surface area contributed by atoms with Gasteiger partial charge in [-0.15, -0.1) is 0 Å². The number of benzene rings is 1. The topological polar surface area (TPSA) is 87.7 Å². The zero-order valence-corrected chi connectivity index (χ0v) is 16.7. The van der Waals surface area contributed by atoms with Crippen LogP contribution in [0.15, 0.2) is 6.07 Å². The second-order valence-corrected chi connectivity index (χ2v) is 9.44. The van der Waals surface area contributed by atoms with Crippen molar-refractivity contribution < 1.29 is 17.9 Å². The summed E-state index contributed by atoms with van der Waals surface area (Å²) in [7, 11) is -3.94. The van der Waals surface area contributed by atoms with E-state index in [2.05, 4.69) is 16.1 Å². The molecule has 0 aromatic heterocycles. The molecular formula is C19H27N3O4S. The number of hydrogen-bond donors (Lipinski definition) is 2. The van der Waals surface area contributed by atoms with Crippen LogP contribution < -0.4 is 10.0 Å². The van der Waals surface area contributed by atoms with E-state index in [1.54, 1.807) is 13.8 Å². The molecule has 0 spiro atoms. The van der Waals surface area contributed by atoms with Gasteiger partial charge in [0, 0.05) is 17.8 Å². The lowest BCUT2D eigenvalue weighted by Crippen LogP contribution is -2.57. The van der Waals surface area contributed by atoms with Gasteiger partial charge in [-0.25, -0.2) is 9.52 Å². The fourth-order valence-electron chi connectivity index (χ4n) is 4.74. The zero-order chi connectivity index (χ0) is 19.2. The quantitative estimate of drug-likeness (QED) is 0.824. The number of aryl methyl sites for hydroxylation is 2. The SMILES string of the molecule is CC1COCC(C)N1S(=O)(=O)NC(=O)Nc1c2c(cc3c1CCC3)CCC2. The molecule has 0 bridgehead atoms. The fraction of sp³-hybridized carbons (Fsp3) is 0.632. The summed E-state index contributed by atoms with van der Waals surface area (Å²) >= 11 is 0. The van der Waals surface area contributed by atoms with Crippen LogP contribution in [0.25, 0.3) is 0 Å². The number of carbonyl (C=O) groups excluding carboxylic acids is 1. The first-order valence-corrected chi connectivity index (χ1v) is 11.2. The molecule has 1 aromatic carbocycles. The number of rotatable bonds is 3. The molecule has 148 valence electrons. The van der Waals surface area contributed by atoms with E-state index in [1.807, 2.05) is 0 Å². The van der Waals surface area contributed by atoms with Gasteiger partial charge >= 0.3 is 16.2 Å². The highest BCUT2D eigenvalue weighted by molar-refractivity contribution is 7.87. The molecule has 1 aromatic rings. The summed E-state index contributed by atoms with van der Waals surface area (Å²) in [5.41, 5.74) is 5.79. The molecule has 1 fully saturated rings. The minimum atomic E-state index is -3.94. The molecule has 1 aliphatic heterocycles. The first kappa shape index (κ1) is 18.7. The van der Waals surface area contributed by atoms with Gasteiger partial charge < -0.3 is 10.1 Å². The van der Waals surface area contributed by atoms with Crippen LogP contribution in [0, 0.1) is 0 Å². The van der Waals surface area contributed by atoms with Crippen LogP contribution >= 0.6 is 0 Å². The summed E-state index contributed by atoms with van der Waals surface area (Å²) < 4.78 is 34.5. The maximum Gasteiger partial charge on any atom is 0.333 e. The van der Waals surface area contributed by atoms with Crippen molar-refractivity contribution in [1.29, 1.82) is 0 Å². The minimum absolute atomic E-state index is 0.315. The van der Waals surface area contributed by atoms with Crippen LogP contribution in [0.5, 0.6) is 0 Å². The number of amides is 2. The maximum atomic E-state index is 12.8. The first-order valence-electron chi connectivity index (χ1n) is 9.73. The van der Waals surface area contributed by atoms with Crippen LogP contribution in [-0.4, -0.2) is 44.1 Å². The number of nitrogens with zero attached hydrogens (tertiary/aromatic N) is 1. The third-order valence-corrected chi connectivity index (χ3v) is 7.52.